The first-order valence-corrected chi connectivity index (χ1v) is 11.6. The van der Waals surface area contributed by atoms with Gasteiger partial charge in [0, 0.05) is 47.6 Å². The molecule has 2 aliphatic carbocycles. The number of H-pyrrole nitrogens is 1. The molecule has 0 amide bonds. The van der Waals surface area contributed by atoms with Crippen LogP contribution < -0.4 is 16.2 Å². The summed E-state index contributed by atoms with van der Waals surface area (Å²) in [5.74, 6) is 1.95. The lowest BCUT2D eigenvalue weighted by atomic mass is 10.1. The summed E-state index contributed by atoms with van der Waals surface area (Å²) in [5.41, 5.74) is 3.43. The van der Waals surface area contributed by atoms with Crippen LogP contribution >= 0.6 is 0 Å². The summed E-state index contributed by atoms with van der Waals surface area (Å²) in [5, 5.41) is 22.2. The van der Waals surface area contributed by atoms with E-state index in [1.54, 1.807) is 41.5 Å². The number of aromatic amines is 1. The smallest absolute Gasteiger partial charge is 0.255 e. The van der Waals surface area contributed by atoms with E-state index >= 15 is 0 Å². The Hall–Kier alpha value is -4.08. The zero-order valence-electron chi connectivity index (χ0n) is 18.6. The number of hydrogen-bond donors (Lipinski definition) is 3. The molecule has 2 atom stereocenters. The zero-order valence-corrected chi connectivity index (χ0v) is 18.6. The van der Waals surface area contributed by atoms with Crippen LogP contribution in [-0.2, 0) is 0 Å². The maximum absolute atomic E-state index is 12.4. The van der Waals surface area contributed by atoms with Crippen molar-refractivity contribution in [3.63, 3.8) is 0 Å². The van der Waals surface area contributed by atoms with Gasteiger partial charge in [-0.15, -0.1) is 10.2 Å². The number of pyridine rings is 2. The molecule has 0 aromatic carbocycles. The Morgan fingerprint density at radius 2 is 1.76 bits per heavy atom. The molecular formula is C24H25N9O. The first kappa shape index (κ1) is 20.5. The molecule has 2 fully saturated rings. The van der Waals surface area contributed by atoms with Crippen LogP contribution in [0.25, 0.3) is 16.8 Å². The van der Waals surface area contributed by atoms with Crippen molar-refractivity contribution in [3.8, 4) is 16.8 Å². The normalized spacial score (nSPS) is 19.8. The Morgan fingerprint density at radius 1 is 0.882 bits per heavy atom. The van der Waals surface area contributed by atoms with Crippen LogP contribution in [0.15, 0.2) is 60.0 Å². The van der Waals surface area contributed by atoms with E-state index in [0.717, 1.165) is 41.9 Å². The highest BCUT2D eigenvalue weighted by atomic mass is 16.1. The van der Waals surface area contributed by atoms with Crippen LogP contribution in [0.2, 0.25) is 0 Å². The summed E-state index contributed by atoms with van der Waals surface area (Å²) in [4.78, 5) is 21.4. The summed E-state index contributed by atoms with van der Waals surface area (Å²) in [6.07, 6.45) is 14.3. The fraction of sp³-hybridized carbons (Fsp3) is 0.333. The van der Waals surface area contributed by atoms with Gasteiger partial charge in [-0.1, -0.05) is 0 Å². The highest BCUT2D eigenvalue weighted by Gasteiger charge is 2.27. The third kappa shape index (κ3) is 4.39. The SMILES string of the molecule is O=c1ccc(-c2cn[nH]c2)cn1-c1ccc(N[C@H]2CC[C@H](Nc3ncc(C4CC4)nn3)C2)nc1. The van der Waals surface area contributed by atoms with E-state index in [2.05, 4.69) is 41.0 Å². The highest BCUT2D eigenvalue weighted by molar-refractivity contribution is 5.61. The molecule has 4 aromatic heterocycles. The van der Waals surface area contributed by atoms with E-state index < -0.39 is 0 Å². The second-order valence-electron chi connectivity index (χ2n) is 8.99. The van der Waals surface area contributed by atoms with Crippen molar-refractivity contribution in [3.05, 3.63) is 71.3 Å². The van der Waals surface area contributed by atoms with Crippen molar-refractivity contribution < 1.29 is 0 Å². The molecule has 3 N–H and O–H groups in total. The molecular weight excluding hydrogens is 430 g/mol. The summed E-state index contributed by atoms with van der Waals surface area (Å²) >= 11 is 0. The Balaban J connectivity index is 1.08. The molecule has 34 heavy (non-hydrogen) atoms. The molecule has 10 nitrogen and oxygen atoms in total. The van der Waals surface area contributed by atoms with Crippen LogP contribution in [0, 0.1) is 0 Å². The number of hydrogen-bond acceptors (Lipinski definition) is 8. The van der Waals surface area contributed by atoms with Gasteiger partial charge in [0.2, 0.25) is 5.95 Å². The first-order chi connectivity index (χ1) is 16.7. The van der Waals surface area contributed by atoms with Gasteiger partial charge in [0.25, 0.3) is 5.56 Å². The average molecular weight is 456 g/mol. The van der Waals surface area contributed by atoms with Crippen LogP contribution in [0.5, 0.6) is 0 Å². The molecule has 0 unspecified atom stereocenters. The third-order valence-corrected chi connectivity index (χ3v) is 6.46. The number of nitrogens with zero attached hydrogens (tertiary/aromatic N) is 6. The molecule has 10 heteroatoms. The Kier molecular flexibility index (Phi) is 5.25. The second-order valence-corrected chi connectivity index (χ2v) is 8.99. The van der Waals surface area contributed by atoms with Crippen molar-refractivity contribution >= 4 is 11.8 Å². The van der Waals surface area contributed by atoms with Crippen LogP contribution in [-0.4, -0.2) is 47.0 Å². The molecule has 0 radical (unpaired) electrons. The number of anilines is 2. The Bertz CT molecular complexity index is 1310. The number of rotatable bonds is 7. The Morgan fingerprint density at radius 3 is 2.47 bits per heavy atom. The van der Waals surface area contributed by atoms with Gasteiger partial charge in [0.15, 0.2) is 0 Å². The summed E-state index contributed by atoms with van der Waals surface area (Å²) < 4.78 is 1.59. The minimum atomic E-state index is -0.110. The van der Waals surface area contributed by atoms with Crippen LogP contribution in [0.1, 0.15) is 43.7 Å². The quantitative estimate of drug-likeness (QED) is 0.388. The highest BCUT2D eigenvalue weighted by Crippen LogP contribution is 2.38. The van der Waals surface area contributed by atoms with Gasteiger partial charge < -0.3 is 10.6 Å². The zero-order chi connectivity index (χ0) is 22.9. The molecule has 2 saturated carbocycles. The molecule has 0 bridgehead atoms. The van der Waals surface area contributed by atoms with Gasteiger partial charge in [0.1, 0.15) is 5.82 Å². The van der Waals surface area contributed by atoms with Gasteiger partial charge in [-0.05, 0) is 50.3 Å². The molecule has 6 rings (SSSR count). The molecule has 4 aromatic rings. The van der Waals surface area contributed by atoms with E-state index in [1.807, 2.05) is 18.3 Å². The third-order valence-electron chi connectivity index (χ3n) is 6.46. The lowest BCUT2D eigenvalue weighted by molar-refractivity contribution is 0.710. The first-order valence-electron chi connectivity index (χ1n) is 11.6. The predicted molar refractivity (Wildman–Crippen MR) is 128 cm³/mol. The van der Waals surface area contributed by atoms with Gasteiger partial charge in [-0.2, -0.15) is 5.10 Å². The standard InChI is InChI=1S/C24H25N9O/c34-23-8-3-16(17-10-27-28-11-17)14-33(23)20-6-7-22(25-12-20)29-18-4-5-19(9-18)30-24-26-13-21(31-32-24)15-1-2-15/h3,6-8,10-15,18-19H,1-2,4-5,9H2,(H,25,29)(H,27,28)(H,26,30,32)/t18-,19-/m0/s1. The van der Waals surface area contributed by atoms with Gasteiger partial charge in [-0.3, -0.25) is 14.5 Å². The fourth-order valence-corrected chi connectivity index (χ4v) is 4.43. The topological polar surface area (TPSA) is 126 Å². The van der Waals surface area contributed by atoms with Gasteiger partial charge in [0.05, 0.1) is 30.0 Å². The molecule has 172 valence electrons. The molecule has 4 heterocycles. The van der Waals surface area contributed by atoms with Crippen molar-refractivity contribution in [1.29, 1.82) is 0 Å². The predicted octanol–water partition coefficient (Wildman–Crippen LogP) is 3.13. The van der Waals surface area contributed by atoms with Crippen LogP contribution in [0.3, 0.4) is 0 Å². The van der Waals surface area contributed by atoms with Crippen LogP contribution in [0.4, 0.5) is 11.8 Å². The van der Waals surface area contributed by atoms with Crippen molar-refractivity contribution in [2.24, 2.45) is 0 Å². The molecule has 0 aliphatic heterocycles. The fourth-order valence-electron chi connectivity index (χ4n) is 4.43. The van der Waals surface area contributed by atoms with E-state index in [-0.39, 0.29) is 5.56 Å². The average Bonchev–Trinajstić information content (AvgIpc) is 3.38. The van der Waals surface area contributed by atoms with Gasteiger partial charge >= 0.3 is 0 Å². The van der Waals surface area contributed by atoms with E-state index in [1.165, 1.54) is 12.8 Å². The molecule has 2 aliphatic rings. The summed E-state index contributed by atoms with van der Waals surface area (Å²) in [6, 6.07) is 7.77. The van der Waals surface area contributed by atoms with E-state index in [9.17, 15) is 4.79 Å². The largest absolute Gasteiger partial charge is 0.367 e. The number of aromatic nitrogens is 7. The second kappa shape index (κ2) is 8.69. The molecule has 0 spiro atoms. The van der Waals surface area contributed by atoms with Crippen molar-refractivity contribution in [1.82, 2.24) is 34.9 Å². The Labute approximate surface area is 195 Å². The minimum absolute atomic E-state index is 0.110. The maximum Gasteiger partial charge on any atom is 0.255 e. The van der Waals surface area contributed by atoms with Crippen molar-refractivity contribution in [2.45, 2.75) is 50.1 Å². The van der Waals surface area contributed by atoms with E-state index in [4.69, 9.17) is 0 Å². The lowest BCUT2D eigenvalue weighted by Gasteiger charge is -2.15. The maximum atomic E-state index is 12.4. The van der Waals surface area contributed by atoms with Crippen molar-refractivity contribution in [2.75, 3.05) is 10.6 Å². The molecule has 0 saturated heterocycles. The van der Waals surface area contributed by atoms with E-state index in [0.29, 0.717) is 29.6 Å². The minimum Gasteiger partial charge on any atom is -0.367 e. The van der Waals surface area contributed by atoms with Gasteiger partial charge in [-0.25, -0.2) is 9.97 Å². The summed E-state index contributed by atoms with van der Waals surface area (Å²) in [7, 11) is 0. The monoisotopic (exact) mass is 455 g/mol. The lowest BCUT2D eigenvalue weighted by Crippen LogP contribution is -2.22. The summed E-state index contributed by atoms with van der Waals surface area (Å²) in [6.45, 7) is 0. The number of nitrogens with one attached hydrogen (secondary N) is 3.